The highest BCUT2D eigenvalue weighted by molar-refractivity contribution is 6.30. The van der Waals surface area contributed by atoms with Crippen molar-refractivity contribution in [3.8, 4) is 11.5 Å². The molecule has 1 aliphatic carbocycles. The second kappa shape index (κ2) is 10.7. The molecule has 0 fully saturated rings. The van der Waals surface area contributed by atoms with Crippen molar-refractivity contribution in [2.75, 3.05) is 13.2 Å². The summed E-state index contributed by atoms with van der Waals surface area (Å²) in [4.78, 5) is 20.7. The third-order valence-corrected chi connectivity index (χ3v) is 4.47. The van der Waals surface area contributed by atoms with E-state index in [1.54, 1.807) is 36.4 Å². The minimum atomic E-state index is -0.362. The first-order valence-electron chi connectivity index (χ1n) is 8.77. The molecule has 3 N–H and O–H groups in total. The molecule has 29 heavy (non-hydrogen) atoms. The summed E-state index contributed by atoms with van der Waals surface area (Å²) in [5, 5.41) is 4.27. The van der Waals surface area contributed by atoms with E-state index >= 15 is 0 Å². The maximum Gasteiger partial charge on any atom is 0.258 e. The van der Waals surface area contributed by atoms with E-state index in [-0.39, 0.29) is 24.5 Å². The molecule has 8 heteroatoms. The lowest BCUT2D eigenvalue weighted by Crippen LogP contribution is -2.51. The Morgan fingerprint density at radius 1 is 1.07 bits per heavy atom. The Balaban J connectivity index is 0.000000941. The van der Waals surface area contributed by atoms with Gasteiger partial charge in [0.25, 0.3) is 5.91 Å². The fourth-order valence-electron chi connectivity index (χ4n) is 2.81. The number of nitrogens with two attached hydrogens (primary N) is 1. The quantitative estimate of drug-likeness (QED) is 0.510. The molecule has 3 rings (SSSR count). The van der Waals surface area contributed by atoms with Crippen LogP contribution < -0.4 is 20.5 Å². The number of carbonyl (C=O) groups is 2. The summed E-state index contributed by atoms with van der Waals surface area (Å²) in [5.74, 6) is 1.21. The van der Waals surface area contributed by atoms with E-state index < -0.39 is 0 Å². The second-order valence-corrected chi connectivity index (χ2v) is 7.44. The van der Waals surface area contributed by atoms with Crippen LogP contribution in [0.4, 0.5) is 0 Å². The number of amides is 2. The fourth-order valence-corrected chi connectivity index (χ4v) is 3.06. The number of carbonyl (C=O) groups excluding carboxylic acids is 2. The van der Waals surface area contributed by atoms with E-state index in [0.29, 0.717) is 22.4 Å². The third-order valence-electron chi connectivity index (χ3n) is 3.96. The molecule has 0 bridgehead atoms. The van der Waals surface area contributed by atoms with Crippen molar-refractivity contribution in [1.82, 2.24) is 5.32 Å². The summed E-state index contributed by atoms with van der Waals surface area (Å²) in [5.41, 5.74) is 4.94. The van der Waals surface area contributed by atoms with Crippen molar-refractivity contribution in [1.29, 1.82) is 0 Å². The van der Waals surface area contributed by atoms with Crippen molar-refractivity contribution >= 4 is 35.5 Å². The molecule has 1 aliphatic rings. The van der Waals surface area contributed by atoms with E-state index in [9.17, 15) is 4.79 Å². The highest BCUT2D eigenvalue weighted by atomic mass is 35.5. The number of hydrogen-bond acceptors (Lipinski definition) is 4. The zero-order chi connectivity index (χ0) is 21.3. The molecule has 6 nitrogen and oxygen atoms in total. The van der Waals surface area contributed by atoms with Crippen LogP contribution in [0.15, 0.2) is 60.2 Å². The molecule has 0 heterocycles. The van der Waals surface area contributed by atoms with Crippen LogP contribution in [0.25, 0.3) is 0 Å². The summed E-state index contributed by atoms with van der Waals surface area (Å²) in [7, 11) is 0. The van der Waals surface area contributed by atoms with Gasteiger partial charge >= 0.3 is 0 Å². The Bertz CT molecular complexity index is 854. The highest BCUT2D eigenvalue weighted by Gasteiger charge is 2.33. The van der Waals surface area contributed by atoms with Crippen LogP contribution in [0.1, 0.15) is 13.3 Å². The minimum Gasteiger partial charge on any atom is -0.489 e. The predicted molar refractivity (Wildman–Crippen MR) is 113 cm³/mol. The van der Waals surface area contributed by atoms with E-state index in [0.717, 1.165) is 17.7 Å². The van der Waals surface area contributed by atoms with Gasteiger partial charge in [-0.1, -0.05) is 29.3 Å². The second-order valence-electron chi connectivity index (χ2n) is 6.57. The number of ether oxygens (including phenoxy) is 2. The molecule has 1 atom stereocenters. The fraction of sp³-hybridized carbons (Fsp3) is 0.238. The predicted octanol–water partition coefficient (Wildman–Crippen LogP) is 3.76. The Kier molecular flexibility index (Phi) is 8.36. The molecule has 2 aromatic carbocycles. The van der Waals surface area contributed by atoms with Crippen molar-refractivity contribution < 1.29 is 19.1 Å². The molecule has 0 radical (unpaired) electrons. The molecule has 154 valence electrons. The molecule has 2 aromatic rings. The third kappa shape index (κ3) is 7.68. The van der Waals surface area contributed by atoms with Crippen LogP contribution in [-0.2, 0) is 9.59 Å². The van der Waals surface area contributed by atoms with Gasteiger partial charge in [-0.2, -0.15) is 0 Å². The first-order chi connectivity index (χ1) is 13.8. The van der Waals surface area contributed by atoms with Gasteiger partial charge in [0.1, 0.15) is 18.1 Å². The van der Waals surface area contributed by atoms with Crippen LogP contribution in [0, 0.1) is 0 Å². The Labute approximate surface area is 179 Å². The number of rotatable bonds is 7. The summed E-state index contributed by atoms with van der Waals surface area (Å²) in [6.07, 6.45) is 3.01. The maximum absolute atomic E-state index is 12.1. The first-order valence-corrected chi connectivity index (χ1v) is 9.53. The minimum absolute atomic E-state index is 0.0400. The largest absolute Gasteiger partial charge is 0.489 e. The van der Waals surface area contributed by atoms with Gasteiger partial charge in [0, 0.05) is 10.0 Å². The van der Waals surface area contributed by atoms with Gasteiger partial charge in [0.2, 0.25) is 6.41 Å². The van der Waals surface area contributed by atoms with Gasteiger partial charge in [-0.05, 0) is 67.4 Å². The van der Waals surface area contributed by atoms with Crippen molar-refractivity contribution in [2.45, 2.75) is 18.9 Å². The molecule has 0 aliphatic heterocycles. The number of nitrogens with one attached hydrogen (secondary N) is 1. The molecule has 0 saturated heterocycles. The lowest BCUT2D eigenvalue weighted by Gasteiger charge is -2.37. The Morgan fingerprint density at radius 2 is 1.52 bits per heavy atom. The summed E-state index contributed by atoms with van der Waals surface area (Å²) in [6.45, 7) is 2.43. The standard InChI is InChI=1S/C20H19Cl2NO3.CH3NO/c1-20(23-19(24)13-26-18-8-4-16(22)5-9-18)10-14(11-20)12-25-17-6-2-15(21)3-7-17;2-1-3/h2-10H,11-13H2,1H3,(H,23,24);1H,(H2,2,3). The summed E-state index contributed by atoms with van der Waals surface area (Å²) < 4.78 is 11.2. The van der Waals surface area contributed by atoms with Crippen molar-refractivity contribution in [3.05, 3.63) is 70.2 Å². The summed E-state index contributed by atoms with van der Waals surface area (Å²) in [6, 6.07) is 14.1. The normalized spacial score (nSPS) is 17.0. The van der Waals surface area contributed by atoms with E-state index in [2.05, 4.69) is 11.1 Å². The summed E-state index contributed by atoms with van der Waals surface area (Å²) >= 11 is 11.7. The number of benzene rings is 2. The van der Waals surface area contributed by atoms with Gasteiger partial charge < -0.3 is 20.5 Å². The van der Waals surface area contributed by atoms with Gasteiger partial charge in [-0.15, -0.1) is 0 Å². The first kappa shape index (κ1) is 22.6. The smallest absolute Gasteiger partial charge is 0.258 e. The number of primary amides is 1. The zero-order valence-corrected chi connectivity index (χ0v) is 17.4. The van der Waals surface area contributed by atoms with Crippen LogP contribution in [-0.4, -0.2) is 31.1 Å². The van der Waals surface area contributed by atoms with Crippen molar-refractivity contribution in [3.63, 3.8) is 0 Å². The van der Waals surface area contributed by atoms with Crippen LogP contribution in [0.5, 0.6) is 11.5 Å². The molecule has 1 unspecified atom stereocenters. The van der Waals surface area contributed by atoms with Gasteiger partial charge in [0.15, 0.2) is 6.61 Å². The SMILES string of the molecule is CC1(NC(=O)COc2ccc(Cl)cc2)C=C(COc2ccc(Cl)cc2)C1.NC=O. The van der Waals surface area contributed by atoms with Crippen LogP contribution >= 0.6 is 23.2 Å². The van der Waals surface area contributed by atoms with Gasteiger partial charge in [0.05, 0.1) is 5.54 Å². The monoisotopic (exact) mass is 436 g/mol. The van der Waals surface area contributed by atoms with E-state index in [4.69, 9.17) is 37.5 Å². The molecule has 0 aromatic heterocycles. The van der Waals surface area contributed by atoms with Gasteiger partial charge in [-0.25, -0.2) is 0 Å². The highest BCUT2D eigenvalue weighted by Crippen LogP contribution is 2.30. The number of hydrogen-bond donors (Lipinski definition) is 2. The Hall–Kier alpha value is -2.70. The maximum atomic E-state index is 12.1. The molecule has 0 spiro atoms. The lowest BCUT2D eigenvalue weighted by atomic mass is 9.80. The van der Waals surface area contributed by atoms with Crippen molar-refractivity contribution in [2.24, 2.45) is 5.73 Å². The Morgan fingerprint density at radius 3 is 2.00 bits per heavy atom. The average Bonchev–Trinajstić information content (AvgIpc) is 2.66. The van der Waals surface area contributed by atoms with E-state index in [1.807, 2.05) is 25.1 Å². The molecular weight excluding hydrogens is 415 g/mol. The molecule has 0 saturated carbocycles. The van der Waals surface area contributed by atoms with Crippen LogP contribution in [0.3, 0.4) is 0 Å². The zero-order valence-electron chi connectivity index (χ0n) is 15.9. The average molecular weight is 437 g/mol. The topological polar surface area (TPSA) is 90.7 Å². The van der Waals surface area contributed by atoms with Gasteiger partial charge in [-0.3, -0.25) is 9.59 Å². The molecular formula is C21H22Cl2N2O4. The number of halogens is 2. The van der Waals surface area contributed by atoms with Crippen LogP contribution in [0.2, 0.25) is 10.0 Å². The lowest BCUT2D eigenvalue weighted by molar-refractivity contribution is -0.124. The van der Waals surface area contributed by atoms with E-state index in [1.165, 1.54) is 0 Å². The molecule has 2 amide bonds.